The van der Waals surface area contributed by atoms with E-state index in [-0.39, 0.29) is 5.56 Å². The minimum absolute atomic E-state index is 0.0393. The van der Waals surface area contributed by atoms with Gasteiger partial charge in [-0.1, -0.05) is 0 Å². The van der Waals surface area contributed by atoms with Crippen molar-refractivity contribution in [2.45, 2.75) is 18.4 Å². The van der Waals surface area contributed by atoms with E-state index >= 15 is 0 Å². The Morgan fingerprint density at radius 1 is 1.57 bits per heavy atom. The van der Waals surface area contributed by atoms with Crippen LogP contribution in [0.4, 0.5) is 0 Å². The zero-order valence-electron chi connectivity index (χ0n) is 7.70. The van der Waals surface area contributed by atoms with Gasteiger partial charge in [0.05, 0.1) is 11.4 Å². The highest BCUT2D eigenvalue weighted by Gasteiger charge is 2.19. The quantitative estimate of drug-likeness (QED) is 0.703. The van der Waals surface area contributed by atoms with Crippen LogP contribution in [0.15, 0.2) is 10.9 Å². The van der Waals surface area contributed by atoms with E-state index in [0.717, 1.165) is 34.1 Å². The maximum Gasteiger partial charge on any atom is 0.255 e. The van der Waals surface area contributed by atoms with Gasteiger partial charge >= 0.3 is 0 Å². The molecule has 1 N–H and O–H groups in total. The highest BCUT2D eigenvalue weighted by molar-refractivity contribution is 7.98. The number of aryl methyl sites for hydroxylation is 1. The number of hydrogen-bond acceptors (Lipinski definition) is 3. The summed E-state index contributed by atoms with van der Waals surface area (Å²) in [6.45, 7) is 1.93. The van der Waals surface area contributed by atoms with E-state index in [2.05, 4.69) is 10.1 Å². The first kappa shape index (κ1) is 8.11. The monoisotopic (exact) mass is 207 g/mol. The maximum absolute atomic E-state index is 11.6. The Kier molecular flexibility index (Phi) is 1.53. The second-order valence-corrected chi connectivity index (χ2v) is 4.44. The predicted molar refractivity (Wildman–Crippen MR) is 55.5 cm³/mol. The first-order valence-corrected chi connectivity index (χ1v) is 5.59. The number of hydrogen-bond donors (Lipinski definition) is 1. The number of aromatic amines is 1. The lowest BCUT2D eigenvalue weighted by molar-refractivity contribution is 0.857. The normalized spacial score (nSPS) is 14.9. The van der Waals surface area contributed by atoms with Gasteiger partial charge in [-0.05, 0) is 6.92 Å². The van der Waals surface area contributed by atoms with Gasteiger partial charge in [0.25, 0.3) is 5.56 Å². The Hall–Kier alpha value is -1.23. The zero-order valence-corrected chi connectivity index (χ0v) is 8.52. The van der Waals surface area contributed by atoms with Gasteiger partial charge in [0, 0.05) is 23.1 Å². The lowest BCUT2D eigenvalue weighted by Crippen LogP contribution is -2.15. The van der Waals surface area contributed by atoms with Gasteiger partial charge in [0.1, 0.15) is 5.65 Å². The fraction of sp³-hybridized carbons (Fsp3) is 0.333. The molecule has 3 rings (SSSR count). The molecule has 0 bridgehead atoms. The summed E-state index contributed by atoms with van der Waals surface area (Å²) in [5.74, 6) is 1.69. The molecule has 5 heteroatoms. The molecule has 4 nitrogen and oxygen atoms in total. The molecule has 2 aromatic rings. The van der Waals surface area contributed by atoms with Gasteiger partial charge in [-0.25, -0.2) is 4.52 Å². The number of rotatable bonds is 0. The van der Waals surface area contributed by atoms with Crippen molar-refractivity contribution in [2.24, 2.45) is 0 Å². The summed E-state index contributed by atoms with van der Waals surface area (Å²) in [6.07, 6.45) is 0. The summed E-state index contributed by atoms with van der Waals surface area (Å²) in [6, 6.07) is 1.89. The van der Waals surface area contributed by atoms with Crippen LogP contribution in [0.3, 0.4) is 0 Å². The second kappa shape index (κ2) is 2.63. The van der Waals surface area contributed by atoms with E-state index in [1.165, 1.54) is 0 Å². The van der Waals surface area contributed by atoms with Gasteiger partial charge in [0.15, 0.2) is 0 Å². The van der Waals surface area contributed by atoms with Crippen LogP contribution in [0.2, 0.25) is 0 Å². The van der Waals surface area contributed by atoms with Crippen LogP contribution < -0.4 is 5.56 Å². The maximum atomic E-state index is 11.6. The average molecular weight is 207 g/mol. The third-order valence-electron chi connectivity index (χ3n) is 2.44. The largest absolute Gasteiger partial charge is 0.307 e. The lowest BCUT2D eigenvalue weighted by atomic mass is 10.3. The summed E-state index contributed by atoms with van der Waals surface area (Å²) >= 11 is 1.76. The summed E-state index contributed by atoms with van der Waals surface area (Å²) in [5.41, 5.74) is 3.71. The predicted octanol–water partition coefficient (Wildman–Crippen LogP) is 1.08. The Labute approximate surface area is 84.3 Å². The van der Waals surface area contributed by atoms with Crippen LogP contribution in [0.5, 0.6) is 0 Å². The van der Waals surface area contributed by atoms with Gasteiger partial charge in [-0.2, -0.15) is 16.9 Å². The Bertz CT molecular complexity index is 569. The van der Waals surface area contributed by atoms with Crippen LogP contribution >= 0.6 is 11.8 Å². The van der Waals surface area contributed by atoms with Crippen LogP contribution in [-0.4, -0.2) is 14.6 Å². The molecule has 0 atom stereocenters. The molecule has 0 fully saturated rings. The van der Waals surface area contributed by atoms with E-state index in [0.29, 0.717) is 0 Å². The fourth-order valence-corrected chi connectivity index (χ4v) is 2.89. The molecular formula is C9H9N3OS. The summed E-state index contributed by atoms with van der Waals surface area (Å²) in [5, 5.41) is 4.36. The van der Waals surface area contributed by atoms with E-state index < -0.39 is 0 Å². The number of nitrogens with one attached hydrogen (secondary N) is 1. The van der Waals surface area contributed by atoms with E-state index in [9.17, 15) is 4.79 Å². The van der Waals surface area contributed by atoms with Crippen molar-refractivity contribution in [2.75, 3.05) is 0 Å². The van der Waals surface area contributed by atoms with E-state index in [1.807, 2.05) is 17.5 Å². The van der Waals surface area contributed by atoms with Gasteiger partial charge in [0.2, 0.25) is 0 Å². The molecule has 1 aliphatic rings. The standard InChI is InChI=1S/C9H9N3OS/c1-5-2-8-10-9(13)6-3-14-4-7(6)12(8)11-5/h2H,3-4H2,1H3,(H,10,13). The number of nitrogens with zero attached hydrogens (tertiary/aromatic N) is 2. The minimum atomic E-state index is 0.0393. The molecule has 0 saturated carbocycles. The van der Waals surface area contributed by atoms with Crippen molar-refractivity contribution in [3.8, 4) is 0 Å². The van der Waals surface area contributed by atoms with Crippen molar-refractivity contribution in [1.82, 2.24) is 14.6 Å². The SMILES string of the molecule is Cc1cc2[nH]c(=O)c3c(n2n1)CSC3. The molecule has 2 aromatic heterocycles. The van der Waals surface area contributed by atoms with Crippen molar-refractivity contribution in [3.63, 3.8) is 0 Å². The molecule has 0 aliphatic carbocycles. The van der Waals surface area contributed by atoms with Gasteiger partial charge < -0.3 is 4.98 Å². The van der Waals surface area contributed by atoms with Crippen LogP contribution in [0.1, 0.15) is 17.0 Å². The first-order chi connectivity index (χ1) is 6.75. The lowest BCUT2D eigenvalue weighted by Gasteiger charge is -2.00. The Morgan fingerprint density at radius 2 is 2.43 bits per heavy atom. The topological polar surface area (TPSA) is 50.2 Å². The second-order valence-electron chi connectivity index (χ2n) is 3.45. The molecule has 0 spiro atoms. The Morgan fingerprint density at radius 3 is 3.29 bits per heavy atom. The summed E-state index contributed by atoms with van der Waals surface area (Å²) in [7, 11) is 0. The first-order valence-electron chi connectivity index (χ1n) is 4.44. The van der Waals surface area contributed by atoms with Crippen LogP contribution in [-0.2, 0) is 11.5 Å². The van der Waals surface area contributed by atoms with Crippen molar-refractivity contribution in [3.05, 3.63) is 33.4 Å². The van der Waals surface area contributed by atoms with E-state index in [4.69, 9.17) is 0 Å². The minimum Gasteiger partial charge on any atom is -0.307 e. The number of fused-ring (bicyclic) bond motifs is 3. The number of H-pyrrole nitrogens is 1. The fourth-order valence-electron chi connectivity index (χ4n) is 1.79. The molecule has 0 radical (unpaired) electrons. The number of thioether (sulfide) groups is 1. The Balaban J connectivity index is 2.51. The van der Waals surface area contributed by atoms with Crippen molar-refractivity contribution < 1.29 is 0 Å². The summed E-state index contributed by atoms with van der Waals surface area (Å²) in [4.78, 5) is 14.5. The van der Waals surface area contributed by atoms with Gasteiger partial charge in [-0.3, -0.25) is 4.79 Å². The molecular weight excluding hydrogens is 198 g/mol. The molecule has 0 amide bonds. The van der Waals surface area contributed by atoms with Crippen LogP contribution in [0, 0.1) is 6.92 Å². The molecule has 72 valence electrons. The molecule has 3 heterocycles. The molecule has 1 aliphatic heterocycles. The van der Waals surface area contributed by atoms with Gasteiger partial charge in [-0.15, -0.1) is 0 Å². The smallest absolute Gasteiger partial charge is 0.255 e. The molecule has 14 heavy (non-hydrogen) atoms. The van der Waals surface area contributed by atoms with E-state index in [1.54, 1.807) is 11.8 Å². The molecule has 0 aromatic carbocycles. The van der Waals surface area contributed by atoms with Crippen molar-refractivity contribution in [1.29, 1.82) is 0 Å². The number of aromatic nitrogens is 3. The van der Waals surface area contributed by atoms with Crippen molar-refractivity contribution >= 4 is 17.4 Å². The summed E-state index contributed by atoms with van der Waals surface area (Å²) < 4.78 is 1.85. The third kappa shape index (κ3) is 0.957. The third-order valence-corrected chi connectivity index (χ3v) is 3.41. The highest BCUT2D eigenvalue weighted by atomic mass is 32.2. The molecule has 0 saturated heterocycles. The highest BCUT2D eigenvalue weighted by Crippen LogP contribution is 2.26. The van der Waals surface area contributed by atoms with Crippen LogP contribution in [0.25, 0.3) is 5.65 Å². The molecule has 0 unspecified atom stereocenters. The average Bonchev–Trinajstić information content (AvgIpc) is 2.69. The zero-order chi connectivity index (χ0) is 9.71.